The van der Waals surface area contributed by atoms with Crippen LogP contribution in [0.25, 0.3) is 11.4 Å². The number of hydrogen-bond donors (Lipinski definition) is 2. The van der Waals surface area contributed by atoms with Crippen molar-refractivity contribution in [1.82, 2.24) is 15.5 Å². The van der Waals surface area contributed by atoms with Crippen molar-refractivity contribution in [3.05, 3.63) is 30.2 Å². The van der Waals surface area contributed by atoms with E-state index in [0.29, 0.717) is 24.4 Å². The highest BCUT2D eigenvalue weighted by molar-refractivity contribution is 5.55. The second-order valence-electron chi connectivity index (χ2n) is 4.88. The van der Waals surface area contributed by atoms with Crippen LogP contribution in [0.1, 0.15) is 18.4 Å². The normalized spacial score (nSPS) is 22.0. The minimum absolute atomic E-state index is 0.218. The van der Waals surface area contributed by atoms with E-state index in [1.54, 1.807) is 0 Å². The van der Waals surface area contributed by atoms with E-state index >= 15 is 0 Å². The zero-order valence-corrected chi connectivity index (χ0v) is 11.2. The summed E-state index contributed by atoms with van der Waals surface area (Å²) < 4.78 is 45.2. The van der Waals surface area contributed by atoms with Crippen molar-refractivity contribution in [3.63, 3.8) is 0 Å². The number of alkyl halides is 3. The maximum Gasteiger partial charge on any atom is 0.573 e. The Labute approximate surface area is 122 Å². The van der Waals surface area contributed by atoms with Gasteiger partial charge in [-0.1, -0.05) is 5.16 Å². The van der Waals surface area contributed by atoms with Crippen LogP contribution < -0.4 is 10.1 Å². The fourth-order valence-corrected chi connectivity index (χ4v) is 2.20. The van der Waals surface area contributed by atoms with Crippen molar-refractivity contribution >= 4 is 0 Å². The molecule has 0 bridgehead atoms. The number of aliphatic hydroxyl groups is 1. The molecule has 0 unspecified atom stereocenters. The first-order valence-electron chi connectivity index (χ1n) is 6.52. The van der Waals surface area contributed by atoms with Gasteiger partial charge in [0.2, 0.25) is 11.7 Å². The molecule has 3 rings (SSSR count). The molecule has 0 amide bonds. The molecule has 1 fully saturated rings. The van der Waals surface area contributed by atoms with Gasteiger partial charge in [0.05, 0.1) is 12.1 Å². The van der Waals surface area contributed by atoms with Crippen LogP contribution in [0.2, 0.25) is 0 Å². The van der Waals surface area contributed by atoms with Gasteiger partial charge in [-0.15, -0.1) is 13.2 Å². The topological polar surface area (TPSA) is 80.4 Å². The van der Waals surface area contributed by atoms with Gasteiger partial charge >= 0.3 is 6.36 Å². The van der Waals surface area contributed by atoms with Crippen LogP contribution in [0.5, 0.6) is 5.75 Å². The summed E-state index contributed by atoms with van der Waals surface area (Å²) in [5.41, 5.74) is 0.503. The fraction of sp³-hybridized carbons (Fsp3) is 0.385. The average molecular weight is 315 g/mol. The number of benzene rings is 1. The van der Waals surface area contributed by atoms with E-state index in [-0.39, 0.29) is 17.6 Å². The Kier molecular flexibility index (Phi) is 3.75. The molecule has 2 heterocycles. The van der Waals surface area contributed by atoms with Crippen LogP contribution in [0.15, 0.2) is 28.8 Å². The first-order chi connectivity index (χ1) is 10.4. The van der Waals surface area contributed by atoms with Gasteiger partial charge in [0, 0.05) is 12.1 Å². The maximum absolute atomic E-state index is 12.1. The first-order valence-corrected chi connectivity index (χ1v) is 6.52. The third kappa shape index (κ3) is 3.37. The van der Waals surface area contributed by atoms with Crippen molar-refractivity contribution in [1.29, 1.82) is 0 Å². The SMILES string of the molecule is O[C@H]1CN[C@H](c2nc(-c3ccc(OC(F)(F)F)cc3)no2)C1. The Morgan fingerprint density at radius 3 is 2.59 bits per heavy atom. The molecule has 1 aromatic heterocycles. The summed E-state index contributed by atoms with van der Waals surface area (Å²) in [6, 6.07) is 4.95. The molecule has 1 aromatic carbocycles. The number of nitrogens with one attached hydrogen (secondary N) is 1. The summed E-state index contributed by atoms with van der Waals surface area (Å²) in [5.74, 6) is 0.277. The van der Waals surface area contributed by atoms with Crippen molar-refractivity contribution in [3.8, 4) is 17.1 Å². The standard InChI is InChI=1S/C13H12F3N3O3/c14-13(15,16)21-9-3-1-7(2-4-9)11-18-12(22-19-11)10-5-8(20)6-17-10/h1-4,8,10,17,20H,5-6H2/t8-,10+/m1/s1. The number of rotatable bonds is 3. The summed E-state index contributed by atoms with van der Waals surface area (Å²) in [6.45, 7) is 0.450. The van der Waals surface area contributed by atoms with Gasteiger partial charge in [-0.25, -0.2) is 0 Å². The lowest BCUT2D eigenvalue weighted by Crippen LogP contribution is -2.16. The Balaban J connectivity index is 1.73. The molecule has 118 valence electrons. The number of aliphatic hydroxyl groups excluding tert-OH is 1. The largest absolute Gasteiger partial charge is 0.573 e. The van der Waals surface area contributed by atoms with E-state index in [1.165, 1.54) is 24.3 Å². The predicted octanol–water partition coefficient (Wildman–Crippen LogP) is 2.03. The highest BCUT2D eigenvalue weighted by Crippen LogP contribution is 2.27. The Bertz CT molecular complexity index is 642. The van der Waals surface area contributed by atoms with Gasteiger partial charge in [-0.3, -0.25) is 0 Å². The van der Waals surface area contributed by atoms with E-state index < -0.39 is 12.5 Å². The van der Waals surface area contributed by atoms with Crippen molar-refractivity contribution in [2.45, 2.75) is 24.9 Å². The van der Waals surface area contributed by atoms with Gasteiger partial charge in [0.25, 0.3) is 0 Å². The summed E-state index contributed by atoms with van der Waals surface area (Å²) in [7, 11) is 0. The fourth-order valence-electron chi connectivity index (χ4n) is 2.20. The maximum atomic E-state index is 12.1. The van der Waals surface area contributed by atoms with E-state index in [1.807, 2.05) is 0 Å². The van der Waals surface area contributed by atoms with Crippen LogP contribution >= 0.6 is 0 Å². The molecular weight excluding hydrogens is 303 g/mol. The van der Waals surface area contributed by atoms with Crippen molar-refractivity contribution in [2.75, 3.05) is 6.54 Å². The molecule has 0 spiro atoms. The third-order valence-corrected chi connectivity index (χ3v) is 3.19. The molecule has 2 aromatic rings. The molecule has 1 aliphatic heterocycles. The molecule has 1 aliphatic rings. The average Bonchev–Trinajstić information content (AvgIpc) is 3.06. The van der Waals surface area contributed by atoms with Crippen LogP contribution in [0.4, 0.5) is 13.2 Å². The highest BCUT2D eigenvalue weighted by atomic mass is 19.4. The smallest absolute Gasteiger partial charge is 0.406 e. The zero-order chi connectivity index (χ0) is 15.7. The van der Waals surface area contributed by atoms with Gasteiger partial charge in [-0.2, -0.15) is 4.98 Å². The van der Waals surface area contributed by atoms with Gasteiger partial charge in [0.1, 0.15) is 5.75 Å². The van der Waals surface area contributed by atoms with Crippen LogP contribution in [0, 0.1) is 0 Å². The van der Waals surface area contributed by atoms with E-state index in [4.69, 9.17) is 4.52 Å². The number of hydrogen-bond acceptors (Lipinski definition) is 6. The minimum Gasteiger partial charge on any atom is -0.406 e. The zero-order valence-electron chi connectivity index (χ0n) is 11.2. The monoisotopic (exact) mass is 315 g/mol. The van der Waals surface area contributed by atoms with E-state index in [9.17, 15) is 18.3 Å². The lowest BCUT2D eigenvalue weighted by Gasteiger charge is -2.08. The van der Waals surface area contributed by atoms with E-state index in [2.05, 4.69) is 20.2 Å². The molecule has 6 nitrogen and oxygen atoms in total. The summed E-state index contributed by atoms with van der Waals surface area (Å²) in [5, 5.41) is 16.3. The van der Waals surface area contributed by atoms with Crippen molar-refractivity contribution in [2.24, 2.45) is 0 Å². The lowest BCUT2D eigenvalue weighted by atomic mass is 10.2. The van der Waals surface area contributed by atoms with Gasteiger partial charge < -0.3 is 19.7 Å². The molecule has 9 heteroatoms. The molecule has 0 radical (unpaired) electrons. The van der Waals surface area contributed by atoms with Crippen LogP contribution in [-0.2, 0) is 0 Å². The highest BCUT2D eigenvalue weighted by Gasteiger charge is 2.31. The van der Waals surface area contributed by atoms with Crippen molar-refractivity contribution < 1.29 is 27.5 Å². The third-order valence-electron chi connectivity index (χ3n) is 3.19. The minimum atomic E-state index is -4.73. The Morgan fingerprint density at radius 2 is 2.00 bits per heavy atom. The number of ether oxygens (including phenoxy) is 1. The second kappa shape index (κ2) is 5.58. The van der Waals surface area contributed by atoms with Gasteiger partial charge in [-0.05, 0) is 30.7 Å². The van der Waals surface area contributed by atoms with Gasteiger partial charge in [0.15, 0.2) is 0 Å². The van der Waals surface area contributed by atoms with E-state index in [0.717, 1.165) is 0 Å². The number of halogens is 3. The molecule has 0 aliphatic carbocycles. The molecular formula is C13H12F3N3O3. The summed E-state index contributed by atoms with van der Waals surface area (Å²) >= 11 is 0. The number of β-amino-alcohol motifs (C(OH)–C–C–N with tert-alkyl or cyclic N) is 1. The summed E-state index contributed by atoms with van der Waals surface area (Å²) in [6.07, 6.45) is -4.71. The molecule has 22 heavy (non-hydrogen) atoms. The molecule has 2 N–H and O–H groups in total. The lowest BCUT2D eigenvalue weighted by molar-refractivity contribution is -0.274. The number of nitrogens with zero attached hydrogens (tertiary/aromatic N) is 2. The second-order valence-corrected chi connectivity index (χ2v) is 4.88. The summed E-state index contributed by atoms with van der Waals surface area (Å²) in [4.78, 5) is 4.19. The Hall–Kier alpha value is -2.13. The molecule has 1 saturated heterocycles. The predicted molar refractivity (Wildman–Crippen MR) is 67.8 cm³/mol. The van der Waals surface area contributed by atoms with Crippen LogP contribution in [-0.4, -0.2) is 34.3 Å². The number of aromatic nitrogens is 2. The Morgan fingerprint density at radius 1 is 1.27 bits per heavy atom. The van der Waals surface area contributed by atoms with Crippen LogP contribution in [0.3, 0.4) is 0 Å². The first kappa shape index (κ1) is 14.8. The molecule has 2 atom stereocenters. The molecule has 0 saturated carbocycles. The quantitative estimate of drug-likeness (QED) is 0.902.